The van der Waals surface area contributed by atoms with E-state index in [2.05, 4.69) is 33.8 Å². The second kappa shape index (κ2) is 4.22. The Morgan fingerprint density at radius 3 is 3.18 bits per heavy atom. The number of nitrogens with zero attached hydrogens (tertiary/aromatic N) is 3. The Balaban J connectivity index is 1.83. The number of aromatic nitrogens is 2. The maximum Gasteiger partial charge on any atom is 0.193 e. The first-order valence-corrected chi connectivity index (χ1v) is 6.43. The summed E-state index contributed by atoms with van der Waals surface area (Å²) in [5, 5.41) is 7.23. The number of anilines is 1. The number of H-pyrrole nitrogens is 1. The first-order chi connectivity index (χ1) is 8.25. The molecular formula is C12H20N4O. The van der Waals surface area contributed by atoms with Gasteiger partial charge in [-0.3, -0.25) is 10.00 Å². The highest BCUT2D eigenvalue weighted by atomic mass is 16.5. The lowest BCUT2D eigenvalue weighted by atomic mass is 10.1. The van der Waals surface area contributed by atoms with Crippen LogP contribution in [0.25, 0.3) is 0 Å². The van der Waals surface area contributed by atoms with Crippen LogP contribution in [0.3, 0.4) is 0 Å². The van der Waals surface area contributed by atoms with Gasteiger partial charge in [-0.15, -0.1) is 0 Å². The van der Waals surface area contributed by atoms with Crippen LogP contribution < -0.4 is 9.64 Å². The molecular weight excluding hydrogens is 216 g/mol. The molecule has 17 heavy (non-hydrogen) atoms. The molecule has 2 aliphatic rings. The number of rotatable bonds is 1. The Hall–Kier alpha value is -1.23. The lowest BCUT2D eigenvalue weighted by molar-refractivity contribution is 0.171. The van der Waals surface area contributed by atoms with Gasteiger partial charge in [0.05, 0.1) is 12.8 Å². The summed E-state index contributed by atoms with van der Waals surface area (Å²) in [4.78, 5) is 4.94. The van der Waals surface area contributed by atoms with E-state index in [-0.39, 0.29) is 0 Å². The Labute approximate surface area is 102 Å². The van der Waals surface area contributed by atoms with Gasteiger partial charge < -0.3 is 9.64 Å². The Morgan fingerprint density at radius 1 is 1.47 bits per heavy atom. The van der Waals surface area contributed by atoms with Crippen molar-refractivity contribution < 1.29 is 4.74 Å². The molecule has 0 aliphatic carbocycles. The van der Waals surface area contributed by atoms with Crippen LogP contribution in [0.4, 0.5) is 5.82 Å². The summed E-state index contributed by atoms with van der Waals surface area (Å²) in [5.74, 6) is 1.90. The summed E-state index contributed by atoms with van der Waals surface area (Å²) >= 11 is 0. The molecule has 1 N–H and O–H groups in total. The van der Waals surface area contributed by atoms with Gasteiger partial charge in [-0.25, -0.2) is 0 Å². The summed E-state index contributed by atoms with van der Waals surface area (Å²) in [7, 11) is 0. The van der Waals surface area contributed by atoms with Gasteiger partial charge in [-0.2, -0.15) is 5.10 Å². The third-order valence-corrected chi connectivity index (χ3v) is 3.81. The molecule has 0 unspecified atom stereocenters. The van der Waals surface area contributed by atoms with Crippen molar-refractivity contribution >= 4 is 5.82 Å². The van der Waals surface area contributed by atoms with E-state index < -0.39 is 0 Å². The molecule has 3 rings (SSSR count). The van der Waals surface area contributed by atoms with E-state index in [0.717, 1.165) is 44.2 Å². The minimum atomic E-state index is 0.538. The lowest BCUT2D eigenvalue weighted by Crippen LogP contribution is -2.55. The van der Waals surface area contributed by atoms with Gasteiger partial charge in [0.2, 0.25) is 0 Å². The Morgan fingerprint density at radius 2 is 2.35 bits per heavy atom. The number of ether oxygens (including phenoxy) is 1. The van der Waals surface area contributed by atoms with Crippen molar-refractivity contribution in [3.63, 3.8) is 0 Å². The molecule has 0 bridgehead atoms. The number of hydrogen-bond acceptors (Lipinski definition) is 4. The predicted molar refractivity (Wildman–Crippen MR) is 66.5 cm³/mol. The second-order valence-electron chi connectivity index (χ2n) is 5.15. The molecule has 0 amide bonds. The fourth-order valence-corrected chi connectivity index (χ4v) is 2.76. The molecule has 0 saturated carbocycles. The number of aromatic amines is 1. The van der Waals surface area contributed by atoms with Crippen molar-refractivity contribution in [2.24, 2.45) is 0 Å². The zero-order valence-electron chi connectivity index (χ0n) is 10.5. The molecule has 1 fully saturated rings. The van der Waals surface area contributed by atoms with Crippen LogP contribution in [0.1, 0.15) is 20.3 Å². The van der Waals surface area contributed by atoms with E-state index in [0.29, 0.717) is 12.1 Å². The van der Waals surface area contributed by atoms with Gasteiger partial charge in [0.1, 0.15) is 0 Å². The third-order valence-electron chi connectivity index (χ3n) is 3.81. The van der Waals surface area contributed by atoms with Gasteiger partial charge in [0, 0.05) is 38.1 Å². The molecule has 2 aliphatic heterocycles. The second-order valence-corrected chi connectivity index (χ2v) is 5.15. The SMILES string of the molecule is CC(C)N1CCN2c3n[nH]cc3OCC[C@H]2C1. The normalized spacial score (nSPS) is 25.1. The van der Waals surface area contributed by atoms with Crippen molar-refractivity contribution in [1.82, 2.24) is 15.1 Å². The average molecular weight is 236 g/mol. The number of fused-ring (bicyclic) bond motifs is 3. The molecule has 1 aromatic heterocycles. The molecule has 94 valence electrons. The Bertz CT molecular complexity index is 390. The summed E-state index contributed by atoms with van der Waals surface area (Å²) in [5.41, 5.74) is 0. The van der Waals surface area contributed by atoms with Crippen LogP contribution in [0.5, 0.6) is 5.75 Å². The van der Waals surface area contributed by atoms with Gasteiger partial charge >= 0.3 is 0 Å². The maximum atomic E-state index is 5.72. The van der Waals surface area contributed by atoms with Gasteiger partial charge in [-0.05, 0) is 13.8 Å². The molecule has 1 saturated heterocycles. The quantitative estimate of drug-likeness (QED) is 0.793. The van der Waals surface area contributed by atoms with Gasteiger partial charge in [0.15, 0.2) is 11.6 Å². The molecule has 1 aromatic rings. The van der Waals surface area contributed by atoms with Gasteiger partial charge in [-0.1, -0.05) is 0 Å². The highest BCUT2D eigenvalue weighted by molar-refractivity contribution is 5.53. The molecule has 0 spiro atoms. The first kappa shape index (κ1) is 10.9. The van der Waals surface area contributed by atoms with Crippen molar-refractivity contribution in [1.29, 1.82) is 0 Å². The van der Waals surface area contributed by atoms with Crippen LogP contribution in [-0.4, -0.2) is 53.4 Å². The molecule has 5 heteroatoms. The fourth-order valence-electron chi connectivity index (χ4n) is 2.76. The maximum absolute atomic E-state index is 5.72. The zero-order valence-corrected chi connectivity index (χ0v) is 10.5. The molecule has 3 heterocycles. The molecule has 0 aromatic carbocycles. The van der Waals surface area contributed by atoms with E-state index in [1.165, 1.54) is 0 Å². The van der Waals surface area contributed by atoms with Crippen LogP contribution in [0.15, 0.2) is 6.20 Å². The highest BCUT2D eigenvalue weighted by Crippen LogP contribution is 2.32. The van der Waals surface area contributed by atoms with Crippen LogP contribution >= 0.6 is 0 Å². The summed E-state index contributed by atoms with van der Waals surface area (Å²) in [6.45, 7) is 8.60. The van der Waals surface area contributed by atoms with Crippen molar-refractivity contribution in [2.45, 2.75) is 32.4 Å². The summed E-state index contributed by atoms with van der Waals surface area (Å²) in [6.07, 6.45) is 2.94. The highest BCUT2D eigenvalue weighted by Gasteiger charge is 2.32. The number of hydrogen-bond donors (Lipinski definition) is 1. The van der Waals surface area contributed by atoms with E-state index >= 15 is 0 Å². The third kappa shape index (κ3) is 1.88. The van der Waals surface area contributed by atoms with E-state index in [1.807, 2.05) is 6.20 Å². The summed E-state index contributed by atoms with van der Waals surface area (Å²) in [6, 6.07) is 1.16. The Kier molecular flexibility index (Phi) is 2.70. The predicted octanol–water partition coefficient (Wildman–Crippen LogP) is 1.09. The summed E-state index contributed by atoms with van der Waals surface area (Å²) < 4.78 is 5.72. The lowest BCUT2D eigenvalue weighted by Gasteiger charge is -2.42. The van der Waals surface area contributed by atoms with Crippen molar-refractivity contribution in [3.05, 3.63) is 6.20 Å². The fraction of sp³-hybridized carbons (Fsp3) is 0.750. The average Bonchev–Trinajstić information content (AvgIpc) is 2.71. The minimum absolute atomic E-state index is 0.538. The molecule has 1 atom stereocenters. The minimum Gasteiger partial charge on any atom is -0.488 e. The van der Waals surface area contributed by atoms with Crippen LogP contribution in [-0.2, 0) is 0 Å². The van der Waals surface area contributed by atoms with Crippen molar-refractivity contribution in [3.8, 4) is 5.75 Å². The zero-order chi connectivity index (χ0) is 11.8. The molecule has 0 radical (unpaired) electrons. The number of nitrogens with one attached hydrogen (secondary N) is 1. The van der Waals surface area contributed by atoms with E-state index in [1.54, 1.807) is 0 Å². The van der Waals surface area contributed by atoms with Crippen molar-refractivity contribution in [2.75, 3.05) is 31.1 Å². The first-order valence-electron chi connectivity index (χ1n) is 6.43. The van der Waals surface area contributed by atoms with Crippen LogP contribution in [0, 0.1) is 0 Å². The van der Waals surface area contributed by atoms with Crippen LogP contribution in [0.2, 0.25) is 0 Å². The van der Waals surface area contributed by atoms with Gasteiger partial charge in [0.25, 0.3) is 0 Å². The topological polar surface area (TPSA) is 44.4 Å². The standard InChI is InChI=1S/C12H20N4O/c1-9(2)15-4-5-16-10(8-15)3-6-17-11-7-13-14-12(11)16/h7,9-10H,3-6,8H2,1-2H3,(H,13,14)/t10-/m0/s1. The molecule has 5 nitrogen and oxygen atoms in total. The monoisotopic (exact) mass is 236 g/mol. The number of piperazine rings is 1. The largest absolute Gasteiger partial charge is 0.488 e. The van der Waals surface area contributed by atoms with E-state index in [4.69, 9.17) is 4.74 Å². The van der Waals surface area contributed by atoms with E-state index in [9.17, 15) is 0 Å². The smallest absolute Gasteiger partial charge is 0.193 e.